The molecule has 0 saturated carbocycles. The van der Waals surface area contributed by atoms with Gasteiger partial charge in [-0.15, -0.1) is 0 Å². The van der Waals surface area contributed by atoms with Crippen LogP contribution in [0.5, 0.6) is 0 Å². The lowest BCUT2D eigenvalue weighted by atomic mass is 9.90. The van der Waals surface area contributed by atoms with Gasteiger partial charge in [0, 0.05) is 11.8 Å². The van der Waals surface area contributed by atoms with Crippen LogP contribution in [-0.2, 0) is 0 Å². The normalized spacial score (nSPS) is 33.3. The van der Waals surface area contributed by atoms with Crippen molar-refractivity contribution in [2.45, 2.75) is 25.7 Å². The average molecular weight is 238 g/mol. The summed E-state index contributed by atoms with van der Waals surface area (Å²) in [6.45, 7) is 0. The van der Waals surface area contributed by atoms with Gasteiger partial charge in [0.1, 0.15) is 0 Å². The molecule has 2 atom stereocenters. The first-order valence-corrected chi connectivity index (χ1v) is 6.97. The van der Waals surface area contributed by atoms with E-state index in [2.05, 4.69) is 72.9 Å². The Morgan fingerprint density at radius 3 is 1.39 bits per heavy atom. The monoisotopic (exact) mass is 238 g/mol. The molecule has 0 fully saturated rings. The highest BCUT2D eigenvalue weighted by Crippen LogP contribution is 2.21. The van der Waals surface area contributed by atoms with Crippen molar-refractivity contribution in [3.8, 4) is 0 Å². The Hall–Kier alpha value is -1.56. The fraction of sp³-hybridized carbons (Fsp3) is 0.333. The molecular weight excluding hydrogens is 216 g/mol. The fourth-order valence-electron chi connectivity index (χ4n) is 2.27. The van der Waals surface area contributed by atoms with E-state index in [0.29, 0.717) is 11.8 Å². The van der Waals surface area contributed by atoms with Gasteiger partial charge >= 0.3 is 0 Å². The van der Waals surface area contributed by atoms with E-state index in [1.165, 1.54) is 0 Å². The molecular formula is C18H22. The minimum atomic E-state index is 0.478. The summed E-state index contributed by atoms with van der Waals surface area (Å²) in [7, 11) is 0. The Bertz CT molecular complexity index is 362. The quantitative estimate of drug-likeness (QED) is 0.555. The number of allylic oxidation sites excluding steroid dienone is 12. The van der Waals surface area contributed by atoms with Crippen LogP contribution in [0.2, 0.25) is 0 Å². The van der Waals surface area contributed by atoms with Gasteiger partial charge in [0.05, 0.1) is 0 Å². The van der Waals surface area contributed by atoms with Gasteiger partial charge in [-0.1, -0.05) is 72.9 Å². The summed E-state index contributed by atoms with van der Waals surface area (Å²) in [5.41, 5.74) is 0. The maximum Gasteiger partial charge on any atom is 0.00473 e. The van der Waals surface area contributed by atoms with Crippen molar-refractivity contribution in [3.05, 3.63) is 72.9 Å². The topological polar surface area (TPSA) is 0 Å². The van der Waals surface area contributed by atoms with Gasteiger partial charge < -0.3 is 0 Å². The number of rotatable bonds is 1. The fourth-order valence-corrected chi connectivity index (χ4v) is 2.27. The summed E-state index contributed by atoms with van der Waals surface area (Å²) >= 11 is 0. The molecule has 0 saturated heterocycles. The van der Waals surface area contributed by atoms with Crippen molar-refractivity contribution in [1.29, 1.82) is 0 Å². The molecule has 2 aliphatic rings. The average Bonchev–Trinajstić information content (AvgIpc) is 2.61. The SMILES string of the molecule is C1=CCC/C=C\[C@@H]([C@@H]2C=CCC/C=C\C=C/2)C=C1. The van der Waals surface area contributed by atoms with Crippen LogP contribution in [0.25, 0.3) is 0 Å². The summed E-state index contributed by atoms with van der Waals surface area (Å²) in [5, 5.41) is 0. The molecule has 0 aliphatic heterocycles. The van der Waals surface area contributed by atoms with E-state index in [-0.39, 0.29) is 0 Å². The zero-order valence-electron chi connectivity index (χ0n) is 10.9. The summed E-state index contributed by atoms with van der Waals surface area (Å²) in [6, 6.07) is 0. The Balaban J connectivity index is 2.15. The number of hydrogen-bond acceptors (Lipinski definition) is 0. The Labute approximate surface area is 111 Å². The molecule has 0 unspecified atom stereocenters. The third kappa shape index (κ3) is 4.37. The molecule has 2 aliphatic carbocycles. The molecule has 0 heteroatoms. The van der Waals surface area contributed by atoms with Crippen molar-refractivity contribution >= 4 is 0 Å². The van der Waals surface area contributed by atoms with Gasteiger partial charge in [0.2, 0.25) is 0 Å². The van der Waals surface area contributed by atoms with Gasteiger partial charge in [-0.2, -0.15) is 0 Å². The standard InChI is InChI=1S/C18H22/c1-2-6-10-14-17(13-9-5-1)18-15-11-7-3-4-8-12-16-18/h1,3,5,7,9-18H,2,4,6,8H2/b5-1-,7-3?,13-9-,14-10?,15-11?,16-12-/t17-,18-/m0/s1. The molecule has 0 aromatic rings. The van der Waals surface area contributed by atoms with Crippen molar-refractivity contribution in [1.82, 2.24) is 0 Å². The molecule has 0 bridgehead atoms. The maximum absolute atomic E-state index is 2.35. The third-order valence-electron chi connectivity index (χ3n) is 3.32. The van der Waals surface area contributed by atoms with E-state index in [9.17, 15) is 0 Å². The van der Waals surface area contributed by atoms with Gasteiger partial charge in [0.15, 0.2) is 0 Å². The summed E-state index contributed by atoms with van der Waals surface area (Å²) in [4.78, 5) is 0. The predicted octanol–water partition coefficient (Wildman–Crippen LogP) is 5.14. The van der Waals surface area contributed by atoms with Gasteiger partial charge in [-0.05, 0) is 25.7 Å². The molecule has 2 rings (SSSR count). The lowest BCUT2D eigenvalue weighted by Crippen LogP contribution is -2.05. The third-order valence-corrected chi connectivity index (χ3v) is 3.32. The van der Waals surface area contributed by atoms with Crippen LogP contribution in [0.1, 0.15) is 25.7 Å². The van der Waals surface area contributed by atoms with Crippen molar-refractivity contribution in [2.75, 3.05) is 0 Å². The van der Waals surface area contributed by atoms with Crippen LogP contribution in [0.4, 0.5) is 0 Å². The van der Waals surface area contributed by atoms with Gasteiger partial charge in [-0.3, -0.25) is 0 Å². The highest BCUT2D eigenvalue weighted by atomic mass is 14.1. The van der Waals surface area contributed by atoms with Crippen LogP contribution in [0.15, 0.2) is 72.9 Å². The molecule has 0 N–H and O–H groups in total. The maximum atomic E-state index is 2.35. The second-order valence-corrected chi connectivity index (χ2v) is 4.79. The predicted molar refractivity (Wildman–Crippen MR) is 80.3 cm³/mol. The summed E-state index contributed by atoms with van der Waals surface area (Å²) in [6.07, 6.45) is 31.7. The van der Waals surface area contributed by atoms with Gasteiger partial charge in [-0.25, -0.2) is 0 Å². The smallest absolute Gasteiger partial charge is 0.00473 e. The second-order valence-electron chi connectivity index (χ2n) is 4.79. The highest BCUT2D eigenvalue weighted by Gasteiger charge is 2.10. The Kier molecular flexibility index (Phi) is 5.52. The highest BCUT2D eigenvalue weighted by molar-refractivity contribution is 5.20. The van der Waals surface area contributed by atoms with Crippen LogP contribution >= 0.6 is 0 Å². The van der Waals surface area contributed by atoms with Gasteiger partial charge in [0.25, 0.3) is 0 Å². The van der Waals surface area contributed by atoms with E-state index in [1.54, 1.807) is 0 Å². The largest absolute Gasteiger partial charge is 0.0876 e. The molecule has 94 valence electrons. The van der Waals surface area contributed by atoms with Crippen molar-refractivity contribution in [2.24, 2.45) is 11.8 Å². The van der Waals surface area contributed by atoms with E-state index in [0.717, 1.165) is 25.7 Å². The zero-order chi connectivity index (χ0) is 12.5. The first-order valence-electron chi connectivity index (χ1n) is 6.97. The summed E-state index contributed by atoms with van der Waals surface area (Å²) < 4.78 is 0. The van der Waals surface area contributed by atoms with Crippen molar-refractivity contribution < 1.29 is 0 Å². The molecule has 18 heavy (non-hydrogen) atoms. The second kappa shape index (κ2) is 7.71. The Morgan fingerprint density at radius 2 is 0.889 bits per heavy atom. The minimum Gasteiger partial charge on any atom is -0.0876 e. The molecule has 0 aromatic heterocycles. The van der Waals surface area contributed by atoms with Crippen LogP contribution in [0, 0.1) is 11.8 Å². The molecule has 0 heterocycles. The van der Waals surface area contributed by atoms with Crippen LogP contribution in [-0.4, -0.2) is 0 Å². The Morgan fingerprint density at radius 1 is 0.444 bits per heavy atom. The minimum absolute atomic E-state index is 0.478. The molecule has 0 spiro atoms. The molecule has 0 amide bonds. The van der Waals surface area contributed by atoms with E-state index >= 15 is 0 Å². The first kappa shape index (κ1) is 12.9. The lowest BCUT2D eigenvalue weighted by molar-refractivity contribution is 0.671. The molecule has 0 nitrogen and oxygen atoms in total. The zero-order valence-corrected chi connectivity index (χ0v) is 10.9. The van der Waals surface area contributed by atoms with E-state index in [4.69, 9.17) is 0 Å². The molecule has 0 aromatic carbocycles. The van der Waals surface area contributed by atoms with Crippen LogP contribution in [0.3, 0.4) is 0 Å². The molecule has 0 radical (unpaired) electrons. The number of hydrogen-bond donors (Lipinski definition) is 0. The van der Waals surface area contributed by atoms with Crippen LogP contribution < -0.4 is 0 Å². The lowest BCUT2D eigenvalue weighted by Gasteiger charge is -2.14. The van der Waals surface area contributed by atoms with Crippen molar-refractivity contribution in [3.63, 3.8) is 0 Å². The summed E-state index contributed by atoms with van der Waals surface area (Å²) in [5.74, 6) is 0.957. The van der Waals surface area contributed by atoms with E-state index < -0.39 is 0 Å². The first-order chi connectivity index (χ1) is 8.97. The van der Waals surface area contributed by atoms with E-state index in [1.807, 2.05) is 0 Å².